The number of anilines is 1. The van der Waals surface area contributed by atoms with Crippen LogP contribution in [0, 0.1) is 13.8 Å². The fraction of sp³-hybridized carbons (Fsp3) is 0.267. The number of rotatable bonds is 4. The highest BCUT2D eigenvalue weighted by Crippen LogP contribution is 2.23. The van der Waals surface area contributed by atoms with Gasteiger partial charge in [-0.25, -0.2) is 4.98 Å². The number of thioether (sulfide) groups is 1. The molecule has 0 spiro atoms. The summed E-state index contributed by atoms with van der Waals surface area (Å²) in [6.07, 6.45) is 0. The monoisotopic (exact) mass is 337 g/mol. The highest BCUT2D eigenvalue weighted by molar-refractivity contribution is 8.00. The van der Waals surface area contributed by atoms with Crippen LogP contribution in [0.15, 0.2) is 34.2 Å². The maximum Gasteiger partial charge on any atom is 0.251 e. The predicted octanol–water partition coefficient (Wildman–Crippen LogP) is 3.16. The molecule has 0 bridgehead atoms. The van der Waals surface area contributed by atoms with Gasteiger partial charge in [0.2, 0.25) is 5.91 Å². The van der Waals surface area contributed by atoms with E-state index in [-0.39, 0.29) is 11.5 Å². The number of aromatic amines is 1. The third kappa shape index (κ3) is 4.35. The smallest absolute Gasteiger partial charge is 0.251 e. The minimum absolute atomic E-state index is 0.181. The largest absolute Gasteiger partial charge is 0.325 e. The van der Waals surface area contributed by atoms with Gasteiger partial charge in [0.1, 0.15) is 0 Å². The van der Waals surface area contributed by atoms with E-state index in [0.717, 1.165) is 5.56 Å². The van der Waals surface area contributed by atoms with E-state index in [2.05, 4.69) is 15.3 Å². The fourth-order valence-electron chi connectivity index (χ4n) is 1.79. The minimum atomic E-state index is -0.414. The number of aryl methyl sites for hydroxylation is 2. The Kier molecular flexibility index (Phi) is 5.26. The van der Waals surface area contributed by atoms with Crippen molar-refractivity contribution in [2.24, 2.45) is 0 Å². The summed E-state index contributed by atoms with van der Waals surface area (Å²) in [6.45, 7) is 5.38. The number of hydrogen-bond acceptors (Lipinski definition) is 4. The molecule has 1 unspecified atom stereocenters. The lowest BCUT2D eigenvalue weighted by atomic mass is 10.2. The van der Waals surface area contributed by atoms with Gasteiger partial charge in [-0.05, 0) is 38.5 Å². The van der Waals surface area contributed by atoms with Crippen molar-refractivity contribution in [3.63, 3.8) is 0 Å². The van der Waals surface area contributed by atoms with Crippen molar-refractivity contribution in [1.29, 1.82) is 0 Å². The van der Waals surface area contributed by atoms with Gasteiger partial charge in [0.05, 0.1) is 5.25 Å². The molecule has 22 heavy (non-hydrogen) atoms. The predicted molar refractivity (Wildman–Crippen MR) is 89.7 cm³/mol. The van der Waals surface area contributed by atoms with Crippen molar-refractivity contribution in [1.82, 2.24) is 9.97 Å². The van der Waals surface area contributed by atoms with Crippen molar-refractivity contribution in [3.05, 3.63) is 50.9 Å². The van der Waals surface area contributed by atoms with Crippen molar-refractivity contribution >= 4 is 35.0 Å². The molecular formula is C15H16ClN3O2S. The van der Waals surface area contributed by atoms with Crippen molar-refractivity contribution in [3.8, 4) is 0 Å². The Hall–Kier alpha value is -1.79. The molecule has 7 heteroatoms. The van der Waals surface area contributed by atoms with Gasteiger partial charge in [-0.1, -0.05) is 29.4 Å². The van der Waals surface area contributed by atoms with E-state index in [9.17, 15) is 9.59 Å². The maximum absolute atomic E-state index is 12.3. The van der Waals surface area contributed by atoms with Gasteiger partial charge in [-0.2, -0.15) is 0 Å². The first-order chi connectivity index (χ1) is 10.3. The Morgan fingerprint density at radius 2 is 2.09 bits per heavy atom. The topological polar surface area (TPSA) is 74.8 Å². The van der Waals surface area contributed by atoms with Crippen LogP contribution in [-0.4, -0.2) is 21.1 Å². The van der Waals surface area contributed by atoms with Crippen molar-refractivity contribution < 1.29 is 4.79 Å². The normalized spacial score (nSPS) is 12.0. The second-order valence-electron chi connectivity index (χ2n) is 4.90. The first-order valence-corrected chi connectivity index (χ1v) is 7.92. The number of carbonyl (C=O) groups is 1. The molecule has 0 aliphatic carbocycles. The Bertz CT molecular complexity index is 761. The number of nitrogens with one attached hydrogen (secondary N) is 2. The Labute approximate surface area is 137 Å². The number of aromatic nitrogens is 2. The third-order valence-corrected chi connectivity index (χ3v) is 4.18. The molecule has 1 aromatic heterocycles. The van der Waals surface area contributed by atoms with Crippen LogP contribution in [0.25, 0.3) is 0 Å². The van der Waals surface area contributed by atoms with Crippen LogP contribution in [0.4, 0.5) is 5.69 Å². The molecule has 2 N–H and O–H groups in total. The number of halogens is 1. The van der Waals surface area contributed by atoms with E-state index in [1.165, 1.54) is 17.8 Å². The number of hydrogen-bond donors (Lipinski definition) is 2. The summed E-state index contributed by atoms with van der Waals surface area (Å²) in [6, 6.07) is 6.73. The van der Waals surface area contributed by atoms with Gasteiger partial charge < -0.3 is 10.3 Å². The van der Waals surface area contributed by atoms with Gasteiger partial charge in [-0.3, -0.25) is 9.59 Å². The highest BCUT2D eigenvalue weighted by atomic mass is 35.5. The third-order valence-electron chi connectivity index (χ3n) is 2.96. The summed E-state index contributed by atoms with van der Waals surface area (Å²) in [5.41, 5.74) is 1.99. The zero-order chi connectivity index (χ0) is 16.3. The minimum Gasteiger partial charge on any atom is -0.325 e. The van der Waals surface area contributed by atoms with E-state index in [4.69, 9.17) is 11.6 Å². The van der Waals surface area contributed by atoms with Crippen LogP contribution >= 0.6 is 23.4 Å². The molecule has 2 aromatic rings. The van der Waals surface area contributed by atoms with Gasteiger partial charge in [-0.15, -0.1) is 0 Å². The Morgan fingerprint density at radius 3 is 2.77 bits per heavy atom. The summed E-state index contributed by atoms with van der Waals surface area (Å²) in [4.78, 5) is 30.5. The maximum atomic E-state index is 12.3. The molecule has 1 amide bonds. The zero-order valence-corrected chi connectivity index (χ0v) is 14.0. The number of carbonyl (C=O) groups excluding carboxylic acids is 1. The quantitative estimate of drug-likeness (QED) is 0.664. The Balaban J connectivity index is 2.09. The van der Waals surface area contributed by atoms with E-state index >= 15 is 0 Å². The second kappa shape index (κ2) is 6.98. The summed E-state index contributed by atoms with van der Waals surface area (Å²) < 4.78 is 0. The summed E-state index contributed by atoms with van der Waals surface area (Å²) >= 11 is 7.14. The van der Waals surface area contributed by atoms with Gasteiger partial charge in [0, 0.05) is 22.5 Å². The first kappa shape index (κ1) is 16.6. The van der Waals surface area contributed by atoms with Crippen LogP contribution in [0.3, 0.4) is 0 Å². The van der Waals surface area contributed by atoms with E-state index in [0.29, 0.717) is 21.6 Å². The highest BCUT2D eigenvalue weighted by Gasteiger charge is 2.17. The number of benzene rings is 1. The molecule has 0 aliphatic heterocycles. The van der Waals surface area contributed by atoms with E-state index < -0.39 is 5.25 Å². The first-order valence-electron chi connectivity index (χ1n) is 6.67. The number of H-pyrrole nitrogens is 1. The molecule has 1 aromatic carbocycles. The summed E-state index contributed by atoms with van der Waals surface area (Å²) in [5.74, 6) is -0.181. The van der Waals surface area contributed by atoms with Crippen molar-refractivity contribution in [2.45, 2.75) is 31.2 Å². The second-order valence-corrected chi connectivity index (χ2v) is 6.67. The molecule has 0 radical (unpaired) electrons. The average Bonchev–Trinajstić information content (AvgIpc) is 2.41. The van der Waals surface area contributed by atoms with Crippen molar-refractivity contribution in [2.75, 3.05) is 5.32 Å². The van der Waals surface area contributed by atoms with Crippen LogP contribution in [0.1, 0.15) is 18.2 Å². The summed E-state index contributed by atoms with van der Waals surface area (Å²) in [5, 5.41) is 3.41. The molecule has 0 aliphatic rings. The molecule has 1 atom stereocenters. The lowest BCUT2D eigenvalue weighted by molar-refractivity contribution is -0.115. The van der Waals surface area contributed by atoms with Crippen LogP contribution in [0.2, 0.25) is 5.02 Å². The molecular weight excluding hydrogens is 322 g/mol. The lowest BCUT2D eigenvalue weighted by Crippen LogP contribution is -2.23. The van der Waals surface area contributed by atoms with Crippen LogP contribution in [-0.2, 0) is 4.79 Å². The SMILES string of the molecule is Cc1cc(=O)[nH]c(SC(C)C(=O)Nc2cc(Cl)ccc2C)n1. The molecule has 5 nitrogen and oxygen atoms in total. The van der Waals surface area contributed by atoms with Gasteiger partial charge in [0.25, 0.3) is 5.56 Å². The van der Waals surface area contributed by atoms with Crippen LogP contribution in [0.5, 0.6) is 0 Å². The molecule has 0 saturated carbocycles. The molecule has 0 saturated heterocycles. The molecule has 116 valence electrons. The van der Waals surface area contributed by atoms with E-state index in [1.807, 2.05) is 13.0 Å². The lowest BCUT2D eigenvalue weighted by Gasteiger charge is -2.13. The summed E-state index contributed by atoms with van der Waals surface area (Å²) in [7, 11) is 0. The average molecular weight is 338 g/mol. The van der Waals surface area contributed by atoms with E-state index in [1.54, 1.807) is 26.0 Å². The number of nitrogens with zero attached hydrogens (tertiary/aromatic N) is 1. The molecule has 1 heterocycles. The number of amides is 1. The standard InChI is InChI=1S/C15H16ClN3O2S/c1-8-4-5-11(16)7-12(8)18-14(21)10(3)22-15-17-9(2)6-13(20)19-15/h4-7,10H,1-3H3,(H,18,21)(H,17,19,20). The van der Waals surface area contributed by atoms with Crippen LogP contribution < -0.4 is 10.9 Å². The fourth-order valence-corrected chi connectivity index (χ4v) is 2.82. The Morgan fingerprint density at radius 1 is 1.36 bits per heavy atom. The van der Waals surface area contributed by atoms with Gasteiger partial charge in [0.15, 0.2) is 5.16 Å². The molecule has 2 rings (SSSR count). The van der Waals surface area contributed by atoms with Gasteiger partial charge >= 0.3 is 0 Å². The zero-order valence-electron chi connectivity index (χ0n) is 12.4. The molecule has 0 fully saturated rings.